The van der Waals surface area contributed by atoms with Crippen LogP contribution in [0.2, 0.25) is 0 Å². The molecule has 0 fully saturated rings. The van der Waals surface area contributed by atoms with Gasteiger partial charge in [0.2, 0.25) is 0 Å². The zero-order chi connectivity index (χ0) is 19.8. The van der Waals surface area contributed by atoms with E-state index in [4.69, 9.17) is 15.2 Å². The molecule has 29 heavy (non-hydrogen) atoms. The fourth-order valence-electron chi connectivity index (χ4n) is 2.59. The molecule has 0 spiro atoms. The fraction of sp³-hybridized carbons (Fsp3) is 0.250. The van der Waals surface area contributed by atoms with Gasteiger partial charge in [0.25, 0.3) is 0 Å². The largest absolute Gasteiger partial charge is 0.494 e. The third kappa shape index (κ3) is 6.34. The van der Waals surface area contributed by atoms with Crippen molar-refractivity contribution in [2.75, 3.05) is 18.5 Å². The predicted octanol–water partition coefficient (Wildman–Crippen LogP) is 3.61. The number of aromatic nitrogens is 3. The van der Waals surface area contributed by atoms with E-state index < -0.39 is 0 Å². The van der Waals surface area contributed by atoms with Crippen LogP contribution < -0.4 is 20.5 Å². The zero-order valence-electron chi connectivity index (χ0n) is 16.4. The van der Waals surface area contributed by atoms with Gasteiger partial charge in [0.15, 0.2) is 5.96 Å². The maximum Gasteiger partial charge on any atom is 0.193 e. The van der Waals surface area contributed by atoms with Crippen LogP contribution in [0.15, 0.2) is 60.1 Å². The minimum atomic E-state index is 0. The van der Waals surface area contributed by atoms with Crippen molar-refractivity contribution in [1.82, 2.24) is 14.8 Å². The summed E-state index contributed by atoms with van der Waals surface area (Å²) in [5.41, 5.74) is 8.75. The van der Waals surface area contributed by atoms with Crippen LogP contribution in [0, 0.1) is 0 Å². The summed E-state index contributed by atoms with van der Waals surface area (Å²) in [5.74, 6) is 1.74. The van der Waals surface area contributed by atoms with Gasteiger partial charge in [0, 0.05) is 6.07 Å². The normalized spacial score (nSPS) is 10.9. The zero-order valence-corrected chi connectivity index (χ0v) is 18.7. The van der Waals surface area contributed by atoms with Gasteiger partial charge in [0.1, 0.15) is 24.2 Å². The van der Waals surface area contributed by atoms with Crippen LogP contribution in [0.1, 0.15) is 19.4 Å². The lowest BCUT2D eigenvalue weighted by atomic mass is 10.2. The van der Waals surface area contributed by atoms with Gasteiger partial charge < -0.3 is 20.5 Å². The summed E-state index contributed by atoms with van der Waals surface area (Å²) in [5, 5.41) is 7.21. The second-order valence-electron chi connectivity index (χ2n) is 5.86. The fourth-order valence-corrected chi connectivity index (χ4v) is 2.59. The number of hydrogen-bond acceptors (Lipinski definition) is 5. The standard InChI is InChI=1S/C20H24N6O2.HI/c1-3-27-17-9-10-19(28-4-2)18(11-17)25-20(21)23-12-15-5-7-16(8-6-15)26-14-22-13-24-26;/h5-11,13-14H,3-4,12H2,1-2H3,(H3,21,23,25);1H. The van der Waals surface area contributed by atoms with Crippen LogP contribution in [0.5, 0.6) is 11.5 Å². The molecule has 0 amide bonds. The van der Waals surface area contributed by atoms with E-state index in [1.165, 1.54) is 6.33 Å². The van der Waals surface area contributed by atoms with Crippen LogP contribution in [-0.4, -0.2) is 33.9 Å². The summed E-state index contributed by atoms with van der Waals surface area (Å²) < 4.78 is 12.9. The SMILES string of the molecule is CCOc1ccc(OCC)c(NC(N)=NCc2ccc(-n3cncn3)cc2)c1.I. The third-order valence-electron chi connectivity index (χ3n) is 3.88. The molecule has 3 N–H and O–H groups in total. The van der Waals surface area contributed by atoms with Crippen LogP contribution in [0.4, 0.5) is 5.69 Å². The van der Waals surface area contributed by atoms with E-state index in [-0.39, 0.29) is 24.0 Å². The van der Waals surface area contributed by atoms with Gasteiger partial charge in [-0.3, -0.25) is 0 Å². The molecule has 0 saturated carbocycles. The summed E-state index contributed by atoms with van der Waals surface area (Å²) >= 11 is 0. The highest BCUT2D eigenvalue weighted by Crippen LogP contribution is 2.29. The quantitative estimate of drug-likeness (QED) is 0.274. The van der Waals surface area contributed by atoms with Crippen LogP contribution >= 0.6 is 24.0 Å². The number of ether oxygens (including phenoxy) is 2. The lowest BCUT2D eigenvalue weighted by Gasteiger charge is -2.14. The van der Waals surface area contributed by atoms with Crippen LogP contribution in [-0.2, 0) is 6.54 Å². The van der Waals surface area contributed by atoms with Crippen molar-refractivity contribution in [2.45, 2.75) is 20.4 Å². The Kier molecular flexibility index (Phi) is 8.71. The van der Waals surface area contributed by atoms with Gasteiger partial charge in [-0.15, -0.1) is 24.0 Å². The molecule has 154 valence electrons. The first-order chi connectivity index (χ1) is 13.7. The molecule has 0 unspecified atom stereocenters. The van der Waals surface area contributed by atoms with Crippen molar-refractivity contribution in [3.63, 3.8) is 0 Å². The Morgan fingerprint density at radius 2 is 1.86 bits per heavy atom. The number of nitrogens with two attached hydrogens (primary N) is 1. The van der Waals surface area contributed by atoms with Crippen LogP contribution in [0.3, 0.4) is 0 Å². The Morgan fingerprint density at radius 3 is 2.52 bits per heavy atom. The molecule has 3 rings (SSSR count). The number of rotatable bonds is 8. The van der Waals surface area contributed by atoms with Gasteiger partial charge >= 0.3 is 0 Å². The van der Waals surface area contributed by atoms with Gasteiger partial charge in [-0.2, -0.15) is 5.10 Å². The van der Waals surface area contributed by atoms with Gasteiger partial charge in [-0.1, -0.05) is 12.1 Å². The summed E-state index contributed by atoms with van der Waals surface area (Å²) in [6.45, 7) is 5.46. The molecular formula is C20H25IN6O2. The highest BCUT2D eigenvalue weighted by molar-refractivity contribution is 14.0. The van der Waals surface area contributed by atoms with Crippen molar-refractivity contribution in [3.05, 3.63) is 60.7 Å². The molecular weight excluding hydrogens is 483 g/mol. The second kappa shape index (κ2) is 11.2. The molecule has 0 bridgehead atoms. The monoisotopic (exact) mass is 508 g/mol. The smallest absolute Gasteiger partial charge is 0.193 e. The number of nitrogens with one attached hydrogen (secondary N) is 1. The van der Waals surface area contributed by atoms with E-state index in [0.29, 0.717) is 31.5 Å². The minimum Gasteiger partial charge on any atom is -0.494 e. The highest BCUT2D eigenvalue weighted by Gasteiger charge is 2.07. The van der Waals surface area contributed by atoms with E-state index in [9.17, 15) is 0 Å². The lowest BCUT2D eigenvalue weighted by molar-refractivity contribution is 0.332. The maximum absolute atomic E-state index is 6.07. The Hall–Kier alpha value is -2.82. The molecule has 9 heteroatoms. The lowest BCUT2D eigenvalue weighted by Crippen LogP contribution is -2.23. The topological polar surface area (TPSA) is 99.6 Å². The summed E-state index contributed by atoms with van der Waals surface area (Å²) in [7, 11) is 0. The Bertz CT molecular complexity index is 913. The van der Waals surface area contributed by atoms with Crippen molar-refractivity contribution >= 4 is 35.6 Å². The number of guanidine groups is 1. The van der Waals surface area contributed by atoms with Crippen molar-refractivity contribution in [1.29, 1.82) is 0 Å². The van der Waals surface area contributed by atoms with Crippen LogP contribution in [0.25, 0.3) is 5.69 Å². The highest BCUT2D eigenvalue weighted by atomic mass is 127. The van der Waals surface area contributed by atoms with Crippen molar-refractivity contribution in [3.8, 4) is 17.2 Å². The first kappa shape index (κ1) is 22.5. The van der Waals surface area contributed by atoms with E-state index >= 15 is 0 Å². The van der Waals surface area contributed by atoms with Gasteiger partial charge in [-0.25, -0.2) is 14.7 Å². The van der Waals surface area contributed by atoms with Crippen molar-refractivity contribution < 1.29 is 9.47 Å². The Morgan fingerprint density at radius 1 is 1.10 bits per heavy atom. The van der Waals surface area contributed by atoms with Gasteiger partial charge in [0.05, 0.1) is 31.1 Å². The number of anilines is 1. The van der Waals surface area contributed by atoms with E-state index in [1.54, 1.807) is 11.0 Å². The molecule has 0 aliphatic carbocycles. The summed E-state index contributed by atoms with van der Waals surface area (Å²) in [6, 6.07) is 13.5. The number of aliphatic imine (C=N–C) groups is 1. The predicted molar refractivity (Wildman–Crippen MR) is 125 cm³/mol. The van der Waals surface area contributed by atoms with E-state index in [1.807, 2.05) is 56.3 Å². The van der Waals surface area contributed by atoms with Crippen molar-refractivity contribution in [2.24, 2.45) is 10.7 Å². The molecule has 3 aromatic rings. The molecule has 0 aliphatic heterocycles. The summed E-state index contributed by atoms with van der Waals surface area (Å²) in [4.78, 5) is 8.36. The second-order valence-corrected chi connectivity index (χ2v) is 5.86. The first-order valence-electron chi connectivity index (χ1n) is 9.10. The van der Waals surface area contributed by atoms with E-state index in [2.05, 4.69) is 20.4 Å². The molecule has 0 atom stereocenters. The Balaban J connectivity index is 0.00000300. The molecule has 0 radical (unpaired) electrons. The maximum atomic E-state index is 6.07. The number of halogens is 1. The number of hydrogen-bond donors (Lipinski definition) is 2. The molecule has 2 aromatic carbocycles. The molecule has 1 aromatic heterocycles. The molecule has 1 heterocycles. The average molecular weight is 508 g/mol. The molecule has 8 nitrogen and oxygen atoms in total. The number of nitrogens with zero attached hydrogens (tertiary/aromatic N) is 4. The van der Waals surface area contributed by atoms with E-state index in [0.717, 1.165) is 22.7 Å². The third-order valence-corrected chi connectivity index (χ3v) is 3.88. The Labute approximate surface area is 187 Å². The average Bonchev–Trinajstić information content (AvgIpc) is 3.24. The summed E-state index contributed by atoms with van der Waals surface area (Å²) in [6.07, 6.45) is 3.16. The number of benzene rings is 2. The minimum absolute atomic E-state index is 0. The molecule has 0 saturated heterocycles. The first-order valence-corrected chi connectivity index (χ1v) is 9.10. The molecule has 0 aliphatic rings. The van der Waals surface area contributed by atoms with Gasteiger partial charge in [-0.05, 0) is 43.7 Å².